The van der Waals surface area contributed by atoms with Gasteiger partial charge in [0, 0.05) is 11.3 Å². The summed E-state index contributed by atoms with van der Waals surface area (Å²) in [4.78, 5) is 0. The molecule has 0 bridgehead atoms. The molecule has 26 heavy (non-hydrogen) atoms. The van der Waals surface area contributed by atoms with Crippen molar-refractivity contribution in [3.63, 3.8) is 0 Å². The third kappa shape index (κ3) is 2.54. The van der Waals surface area contributed by atoms with Gasteiger partial charge in [-0.3, -0.25) is 0 Å². The molecule has 0 radical (unpaired) electrons. The van der Waals surface area contributed by atoms with Gasteiger partial charge in [-0.15, -0.1) is 0 Å². The van der Waals surface area contributed by atoms with Crippen molar-refractivity contribution in [1.29, 1.82) is 0 Å². The predicted molar refractivity (Wildman–Crippen MR) is 95.5 cm³/mol. The first-order chi connectivity index (χ1) is 12.0. The molecule has 0 aromatic heterocycles. The van der Waals surface area contributed by atoms with E-state index in [9.17, 15) is 13.2 Å². The van der Waals surface area contributed by atoms with Crippen LogP contribution in [0.1, 0.15) is 79.1 Å². The van der Waals surface area contributed by atoms with Crippen molar-refractivity contribution in [1.82, 2.24) is 0 Å². The zero-order chi connectivity index (χ0) is 19.0. The Balaban J connectivity index is 1.46. The Morgan fingerprint density at radius 1 is 0.962 bits per heavy atom. The van der Waals surface area contributed by atoms with E-state index in [1.54, 1.807) is 0 Å². The largest absolute Gasteiger partial charge is 0.525 e. The summed E-state index contributed by atoms with van der Waals surface area (Å²) in [5.74, 6) is -2.86. The second-order valence-electron chi connectivity index (χ2n) is 9.84. The average Bonchev–Trinajstić information content (AvgIpc) is 2.95. The zero-order valence-electron chi connectivity index (χ0n) is 16.3. The highest BCUT2D eigenvalue weighted by molar-refractivity contribution is 6.53. The summed E-state index contributed by atoms with van der Waals surface area (Å²) in [5.41, 5.74) is -1.84. The van der Waals surface area contributed by atoms with Gasteiger partial charge in [-0.2, -0.15) is 0 Å². The lowest BCUT2D eigenvalue weighted by atomic mass is 9.74. The molecule has 2 nitrogen and oxygen atoms in total. The summed E-state index contributed by atoms with van der Waals surface area (Å²) in [5, 5.41) is 0. The van der Waals surface area contributed by atoms with Crippen LogP contribution in [-0.4, -0.2) is 24.2 Å². The first-order valence-corrected chi connectivity index (χ1v) is 10.1. The lowest BCUT2D eigenvalue weighted by Gasteiger charge is -2.32. The van der Waals surface area contributed by atoms with E-state index in [1.165, 1.54) is 0 Å². The molecule has 1 saturated heterocycles. The number of halogens is 3. The van der Waals surface area contributed by atoms with E-state index >= 15 is 0 Å². The molecule has 4 fully saturated rings. The summed E-state index contributed by atoms with van der Waals surface area (Å²) in [6.07, 6.45) is 5.61. The summed E-state index contributed by atoms with van der Waals surface area (Å²) < 4.78 is 55.9. The van der Waals surface area contributed by atoms with Crippen LogP contribution in [0.3, 0.4) is 0 Å². The molecular weight excluding hydrogens is 340 g/mol. The van der Waals surface area contributed by atoms with Gasteiger partial charge in [0.25, 0.3) is 5.92 Å². The highest BCUT2D eigenvalue weighted by Crippen LogP contribution is 2.76. The minimum Gasteiger partial charge on any atom is -0.398 e. The molecule has 0 amide bonds. The van der Waals surface area contributed by atoms with Crippen LogP contribution in [0.15, 0.2) is 11.3 Å². The number of hydrogen-bond acceptors (Lipinski definition) is 2. The standard InChI is InChI=1S/C20H30BF3O2/c1-17(2)18(3,4)26-21(25-17)16(22)14-9-11-19(12-10-14)15(20(19,23)24)13-7-5-6-8-13/h13,15H,5-12H2,1-4H3. The summed E-state index contributed by atoms with van der Waals surface area (Å²) in [6.45, 7) is 7.55. The van der Waals surface area contributed by atoms with E-state index < -0.39 is 35.6 Å². The average molecular weight is 370 g/mol. The monoisotopic (exact) mass is 370 g/mol. The van der Waals surface area contributed by atoms with Crippen LogP contribution in [0.25, 0.3) is 0 Å². The molecule has 0 aromatic rings. The van der Waals surface area contributed by atoms with Crippen molar-refractivity contribution in [2.75, 3.05) is 0 Å². The van der Waals surface area contributed by atoms with Crippen LogP contribution >= 0.6 is 0 Å². The Kier molecular flexibility index (Phi) is 4.18. The molecule has 4 rings (SSSR count). The molecule has 4 aliphatic rings. The van der Waals surface area contributed by atoms with Crippen molar-refractivity contribution in [3.8, 4) is 0 Å². The van der Waals surface area contributed by atoms with Crippen LogP contribution in [0.2, 0.25) is 0 Å². The normalized spacial score (nSPS) is 38.2. The van der Waals surface area contributed by atoms with E-state index in [4.69, 9.17) is 9.31 Å². The van der Waals surface area contributed by atoms with Crippen LogP contribution in [-0.2, 0) is 9.31 Å². The third-order valence-corrected chi connectivity index (χ3v) is 7.98. The van der Waals surface area contributed by atoms with Gasteiger partial charge in [0.15, 0.2) is 0 Å². The first kappa shape index (κ1) is 18.9. The zero-order valence-corrected chi connectivity index (χ0v) is 16.3. The predicted octanol–water partition coefficient (Wildman–Crippen LogP) is 5.86. The topological polar surface area (TPSA) is 18.5 Å². The van der Waals surface area contributed by atoms with E-state index in [-0.39, 0.29) is 11.6 Å². The van der Waals surface area contributed by atoms with Crippen molar-refractivity contribution in [2.45, 2.75) is 96.2 Å². The van der Waals surface area contributed by atoms with Crippen molar-refractivity contribution >= 4 is 7.12 Å². The van der Waals surface area contributed by atoms with Gasteiger partial charge >= 0.3 is 7.12 Å². The van der Waals surface area contributed by atoms with Gasteiger partial charge in [-0.05, 0) is 77.7 Å². The summed E-state index contributed by atoms with van der Waals surface area (Å²) in [7, 11) is -1.01. The molecule has 1 aliphatic heterocycles. The lowest BCUT2D eigenvalue weighted by molar-refractivity contribution is 0.00578. The van der Waals surface area contributed by atoms with Gasteiger partial charge in [0.05, 0.1) is 11.2 Å². The summed E-state index contributed by atoms with van der Waals surface area (Å²) >= 11 is 0. The fourth-order valence-electron chi connectivity index (χ4n) is 5.57. The first-order valence-electron chi connectivity index (χ1n) is 10.1. The molecule has 146 valence electrons. The van der Waals surface area contributed by atoms with Crippen LogP contribution < -0.4 is 0 Å². The Morgan fingerprint density at radius 3 is 1.96 bits per heavy atom. The van der Waals surface area contributed by atoms with Crippen molar-refractivity contribution in [2.24, 2.45) is 17.3 Å². The molecule has 1 heterocycles. The van der Waals surface area contributed by atoms with Crippen LogP contribution in [0.4, 0.5) is 13.2 Å². The lowest BCUT2D eigenvalue weighted by Crippen LogP contribution is -2.41. The number of allylic oxidation sites excluding steroid dienone is 1. The van der Waals surface area contributed by atoms with E-state index in [0.717, 1.165) is 25.7 Å². The third-order valence-electron chi connectivity index (χ3n) is 7.98. The van der Waals surface area contributed by atoms with Crippen LogP contribution in [0, 0.1) is 17.3 Å². The quantitative estimate of drug-likeness (QED) is 0.567. The highest BCUT2D eigenvalue weighted by atomic mass is 19.3. The second-order valence-corrected chi connectivity index (χ2v) is 9.84. The highest BCUT2D eigenvalue weighted by Gasteiger charge is 2.81. The van der Waals surface area contributed by atoms with Gasteiger partial charge in [0.1, 0.15) is 5.73 Å². The maximum atomic E-state index is 15.0. The second kappa shape index (κ2) is 5.76. The summed E-state index contributed by atoms with van der Waals surface area (Å²) in [6, 6.07) is 0. The smallest absolute Gasteiger partial charge is 0.398 e. The SMILES string of the molecule is CC1(C)OB(C(F)=C2CCC3(CC2)C(C2CCCC2)C3(F)F)OC1(C)C. The molecular formula is C20H30BF3O2. The van der Waals surface area contributed by atoms with Gasteiger partial charge in [-0.1, -0.05) is 12.8 Å². The fraction of sp³-hybridized carbons (Fsp3) is 0.900. The molecule has 6 heteroatoms. The van der Waals surface area contributed by atoms with E-state index in [2.05, 4.69) is 0 Å². The number of alkyl halides is 2. The molecule has 0 N–H and O–H groups in total. The fourth-order valence-corrected chi connectivity index (χ4v) is 5.57. The van der Waals surface area contributed by atoms with Crippen LogP contribution in [0.5, 0.6) is 0 Å². The Hall–Kier alpha value is -0.485. The Morgan fingerprint density at radius 2 is 1.46 bits per heavy atom. The molecule has 1 spiro atoms. The molecule has 0 aromatic carbocycles. The Bertz CT molecular complexity index is 597. The van der Waals surface area contributed by atoms with Gasteiger partial charge in [0.2, 0.25) is 0 Å². The Labute approximate surface area is 155 Å². The molecule has 1 unspecified atom stereocenters. The maximum Gasteiger partial charge on any atom is 0.525 e. The molecule has 3 saturated carbocycles. The van der Waals surface area contributed by atoms with Crippen molar-refractivity contribution < 1.29 is 22.5 Å². The van der Waals surface area contributed by atoms with Gasteiger partial charge < -0.3 is 9.31 Å². The number of rotatable bonds is 2. The van der Waals surface area contributed by atoms with Gasteiger partial charge in [-0.25, -0.2) is 13.2 Å². The number of hydrogen-bond donors (Lipinski definition) is 0. The van der Waals surface area contributed by atoms with E-state index in [1.807, 2.05) is 27.7 Å². The maximum absolute atomic E-state index is 15.0. The van der Waals surface area contributed by atoms with E-state index in [0.29, 0.717) is 31.3 Å². The molecule has 1 atom stereocenters. The van der Waals surface area contributed by atoms with Crippen molar-refractivity contribution in [3.05, 3.63) is 11.3 Å². The minimum absolute atomic E-state index is 0.170. The molecule has 3 aliphatic carbocycles. The minimum atomic E-state index is -2.56.